The number of aliphatic hydroxyl groups is 1. The van der Waals surface area contributed by atoms with Gasteiger partial charge in [0.15, 0.2) is 0 Å². The van der Waals surface area contributed by atoms with Crippen molar-refractivity contribution in [3.05, 3.63) is 23.8 Å². The average molecular weight is 349 g/mol. The van der Waals surface area contributed by atoms with E-state index >= 15 is 0 Å². The fourth-order valence-corrected chi connectivity index (χ4v) is 4.60. The second kappa shape index (κ2) is 7.65. The Balaban J connectivity index is 2.12. The molecule has 25 heavy (non-hydrogen) atoms. The SMILES string of the molecule is C=C(C)C(CC[C@@]1(C)CC/C(C)=C/CC[C@](C)(O)[C@H]2C[C@@H]21)OC(C)=O. The highest BCUT2D eigenvalue weighted by molar-refractivity contribution is 5.66. The highest BCUT2D eigenvalue weighted by Crippen LogP contribution is 2.60. The standard InChI is InChI=1S/C22H36O3/c1-15(2)20(25-17(4)23)10-13-21(5)12-9-16(3)8-7-11-22(6,24)19-14-18(19)21/h8,18-20,24H,1,7,9-14H2,2-6H3/b16-8+/t18-,19-,20?,21+,22-/m0/s1. The maximum atomic E-state index is 11.4. The molecule has 5 atom stereocenters. The van der Waals surface area contributed by atoms with E-state index in [0.29, 0.717) is 11.8 Å². The molecule has 0 aliphatic heterocycles. The summed E-state index contributed by atoms with van der Waals surface area (Å²) in [6, 6.07) is 0. The van der Waals surface area contributed by atoms with Crippen LogP contribution in [0.15, 0.2) is 23.8 Å². The molecule has 1 fully saturated rings. The summed E-state index contributed by atoms with van der Waals surface area (Å²) >= 11 is 0. The molecule has 3 nitrogen and oxygen atoms in total. The second-order valence-electron chi connectivity index (χ2n) is 9.03. The van der Waals surface area contributed by atoms with Gasteiger partial charge < -0.3 is 9.84 Å². The van der Waals surface area contributed by atoms with Gasteiger partial charge in [-0.05, 0) is 88.5 Å². The fourth-order valence-electron chi connectivity index (χ4n) is 4.60. The van der Waals surface area contributed by atoms with Crippen molar-refractivity contribution in [3.8, 4) is 0 Å². The van der Waals surface area contributed by atoms with E-state index in [4.69, 9.17) is 4.74 Å². The van der Waals surface area contributed by atoms with Crippen LogP contribution in [0.4, 0.5) is 0 Å². The summed E-state index contributed by atoms with van der Waals surface area (Å²) in [4.78, 5) is 11.4. The van der Waals surface area contributed by atoms with Crippen LogP contribution in [-0.4, -0.2) is 22.8 Å². The molecular formula is C22H36O3. The van der Waals surface area contributed by atoms with E-state index in [1.54, 1.807) is 0 Å². The lowest BCUT2D eigenvalue weighted by molar-refractivity contribution is -0.145. The normalized spacial score (nSPS) is 38.7. The van der Waals surface area contributed by atoms with Crippen LogP contribution in [-0.2, 0) is 9.53 Å². The van der Waals surface area contributed by atoms with Gasteiger partial charge in [0.1, 0.15) is 6.10 Å². The number of carbonyl (C=O) groups excluding carboxylic acids is 1. The van der Waals surface area contributed by atoms with E-state index in [1.165, 1.54) is 12.5 Å². The van der Waals surface area contributed by atoms with E-state index < -0.39 is 5.60 Å². The molecule has 1 N–H and O–H groups in total. The van der Waals surface area contributed by atoms with Crippen LogP contribution in [0.25, 0.3) is 0 Å². The first-order valence-electron chi connectivity index (χ1n) is 9.76. The van der Waals surface area contributed by atoms with Crippen molar-refractivity contribution in [3.63, 3.8) is 0 Å². The van der Waals surface area contributed by atoms with Crippen molar-refractivity contribution in [1.29, 1.82) is 0 Å². The van der Waals surface area contributed by atoms with Crippen molar-refractivity contribution < 1.29 is 14.6 Å². The van der Waals surface area contributed by atoms with Crippen LogP contribution >= 0.6 is 0 Å². The van der Waals surface area contributed by atoms with Crippen LogP contribution in [0.1, 0.15) is 79.6 Å². The highest BCUT2D eigenvalue weighted by Gasteiger charge is 2.56. The van der Waals surface area contributed by atoms with Crippen molar-refractivity contribution in [2.24, 2.45) is 17.3 Å². The van der Waals surface area contributed by atoms with E-state index in [0.717, 1.165) is 50.5 Å². The highest BCUT2D eigenvalue weighted by atomic mass is 16.5. The van der Waals surface area contributed by atoms with Gasteiger partial charge in [-0.3, -0.25) is 4.79 Å². The zero-order valence-corrected chi connectivity index (χ0v) is 16.7. The van der Waals surface area contributed by atoms with Gasteiger partial charge >= 0.3 is 5.97 Å². The number of hydrogen-bond donors (Lipinski definition) is 1. The Morgan fingerprint density at radius 2 is 2.04 bits per heavy atom. The predicted molar refractivity (Wildman–Crippen MR) is 102 cm³/mol. The Kier molecular flexibility index (Phi) is 6.19. The molecule has 2 aliphatic rings. The molecule has 3 heteroatoms. The summed E-state index contributed by atoms with van der Waals surface area (Å²) in [5.41, 5.74) is 1.95. The van der Waals surface area contributed by atoms with Crippen LogP contribution in [0.3, 0.4) is 0 Å². The molecule has 142 valence electrons. The summed E-state index contributed by atoms with van der Waals surface area (Å²) in [7, 11) is 0. The Labute approximate surface area is 153 Å². The van der Waals surface area contributed by atoms with Gasteiger partial charge in [-0.2, -0.15) is 0 Å². The molecular weight excluding hydrogens is 312 g/mol. The van der Waals surface area contributed by atoms with Gasteiger partial charge in [0, 0.05) is 6.92 Å². The molecule has 0 amide bonds. The molecule has 0 bridgehead atoms. The van der Waals surface area contributed by atoms with Gasteiger partial charge in [0.2, 0.25) is 0 Å². The molecule has 0 aromatic carbocycles. The molecule has 0 aromatic rings. The number of fused-ring (bicyclic) bond motifs is 1. The smallest absolute Gasteiger partial charge is 0.303 e. The lowest BCUT2D eigenvalue weighted by Gasteiger charge is -2.35. The third-order valence-electron chi connectivity index (χ3n) is 6.55. The largest absolute Gasteiger partial charge is 0.458 e. The summed E-state index contributed by atoms with van der Waals surface area (Å²) in [6.45, 7) is 14.0. The van der Waals surface area contributed by atoms with E-state index in [-0.39, 0.29) is 17.5 Å². The topological polar surface area (TPSA) is 46.5 Å². The minimum atomic E-state index is -0.566. The maximum absolute atomic E-state index is 11.4. The molecule has 0 saturated heterocycles. The van der Waals surface area contributed by atoms with Crippen molar-refractivity contribution >= 4 is 5.97 Å². The number of allylic oxidation sites excluding steroid dienone is 2. The summed E-state index contributed by atoms with van der Waals surface area (Å²) in [6.07, 6.45) is 9.12. The number of rotatable bonds is 5. The minimum Gasteiger partial charge on any atom is -0.458 e. The van der Waals surface area contributed by atoms with Gasteiger partial charge in [0.25, 0.3) is 0 Å². The van der Waals surface area contributed by atoms with E-state index in [9.17, 15) is 9.90 Å². The number of esters is 1. The average Bonchev–Trinajstić information content (AvgIpc) is 3.30. The number of ether oxygens (including phenoxy) is 1. The molecule has 2 aliphatic carbocycles. The number of carbonyl (C=O) groups is 1. The molecule has 0 aromatic heterocycles. The summed E-state index contributed by atoms with van der Waals surface area (Å²) in [5, 5.41) is 10.9. The minimum absolute atomic E-state index is 0.176. The van der Waals surface area contributed by atoms with Crippen molar-refractivity contribution in [1.82, 2.24) is 0 Å². The van der Waals surface area contributed by atoms with Gasteiger partial charge in [-0.25, -0.2) is 0 Å². The fraction of sp³-hybridized carbons (Fsp3) is 0.773. The maximum Gasteiger partial charge on any atom is 0.303 e. The van der Waals surface area contributed by atoms with Gasteiger partial charge in [-0.1, -0.05) is 25.2 Å². The quantitative estimate of drug-likeness (QED) is 0.549. The summed E-state index contributed by atoms with van der Waals surface area (Å²) in [5.74, 6) is 0.730. The van der Waals surface area contributed by atoms with Crippen molar-refractivity contribution in [2.45, 2.75) is 91.3 Å². The lowest BCUT2D eigenvalue weighted by Crippen LogP contribution is -2.32. The molecule has 1 saturated carbocycles. The molecule has 2 rings (SSSR count). The zero-order chi connectivity index (χ0) is 18.8. The molecule has 0 spiro atoms. The van der Waals surface area contributed by atoms with Gasteiger partial charge in [-0.15, -0.1) is 0 Å². The zero-order valence-electron chi connectivity index (χ0n) is 16.7. The number of hydrogen-bond acceptors (Lipinski definition) is 3. The monoisotopic (exact) mass is 348 g/mol. The van der Waals surface area contributed by atoms with E-state index in [2.05, 4.69) is 26.5 Å². The molecule has 0 heterocycles. The van der Waals surface area contributed by atoms with Crippen LogP contribution < -0.4 is 0 Å². The van der Waals surface area contributed by atoms with E-state index in [1.807, 2.05) is 13.8 Å². The van der Waals surface area contributed by atoms with Crippen molar-refractivity contribution in [2.75, 3.05) is 0 Å². The first-order chi connectivity index (χ1) is 11.5. The second-order valence-corrected chi connectivity index (χ2v) is 9.03. The van der Waals surface area contributed by atoms with Crippen LogP contribution in [0, 0.1) is 17.3 Å². The predicted octanol–water partition coefficient (Wildman–Crippen LogP) is 5.19. The first-order valence-corrected chi connectivity index (χ1v) is 9.76. The first kappa shape index (κ1) is 20.2. The third-order valence-corrected chi connectivity index (χ3v) is 6.55. The van der Waals surface area contributed by atoms with Gasteiger partial charge in [0.05, 0.1) is 5.60 Å². The van der Waals surface area contributed by atoms with Crippen LogP contribution in [0.5, 0.6) is 0 Å². The lowest BCUT2D eigenvalue weighted by atomic mass is 9.72. The Morgan fingerprint density at radius 3 is 2.64 bits per heavy atom. The Bertz CT molecular complexity index is 545. The Morgan fingerprint density at radius 1 is 1.36 bits per heavy atom. The summed E-state index contributed by atoms with van der Waals surface area (Å²) < 4.78 is 5.46. The molecule has 1 unspecified atom stereocenters. The third kappa shape index (κ3) is 5.20. The Hall–Kier alpha value is -1.09. The molecule has 0 radical (unpaired) electrons. The van der Waals surface area contributed by atoms with Crippen LogP contribution in [0.2, 0.25) is 0 Å².